The molecule has 0 bridgehead atoms. The second kappa shape index (κ2) is 6.80. The van der Waals surface area contributed by atoms with Gasteiger partial charge >= 0.3 is 0 Å². The molecule has 0 atom stereocenters. The van der Waals surface area contributed by atoms with Crippen LogP contribution in [0, 0.1) is 0 Å². The lowest BCUT2D eigenvalue weighted by Gasteiger charge is -2.24. The fraction of sp³-hybridized carbons (Fsp3) is 0.625. The van der Waals surface area contributed by atoms with E-state index in [1.807, 2.05) is 0 Å². The van der Waals surface area contributed by atoms with Gasteiger partial charge in [-0.05, 0) is 56.9 Å². The van der Waals surface area contributed by atoms with Gasteiger partial charge in [0.2, 0.25) is 0 Å². The van der Waals surface area contributed by atoms with E-state index in [-0.39, 0.29) is 5.54 Å². The monoisotopic (exact) mass is 264 g/mol. The van der Waals surface area contributed by atoms with E-state index in [9.17, 15) is 0 Å². The fourth-order valence-corrected chi connectivity index (χ4v) is 2.18. The summed E-state index contributed by atoms with van der Waals surface area (Å²) in [6.45, 7) is 7.33. The molecule has 1 aromatic carbocycles. The Morgan fingerprint density at radius 2 is 2.00 bits per heavy atom. The van der Waals surface area contributed by atoms with Gasteiger partial charge in [-0.2, -0.15) is 0 Å². The lowest BCUT2D eigenvalue weighted by Crippen LogP contribution is -2.33. The van der Waals surface area contributed by atoms with E-state index in [0.717, 1.165) is 31.6 Å². The third kappa shape index (κ3) is 5.11. The number of nitrogens with zero attached hydrogens (tertiary/aromatic N) is 1. The number of benzene rings is 1. The Morgan fingerprint density at radius 3 is 2.53 bits per heavy atom. The van der Waals surface area contributed by atoms with Gasteiger partial charge in [-0.3, -0.25) is 0 Å². The number of methoxy groups -OCH3 is 1. The van der Waals surface area contributed by atoms with Crippen molar-refractivity contribution in [1.82, 2.24) is 0 Å². The Hall–Kier alpha value is -1.22. The number of rotatable bonds is 7. The number of anilines is 1. The topological polar surface area (TPSA) is 38.5 Å². The summed E-state index contributed by atoms with van der Waals surface area (Å²) in [4.78, 5) is 2.28. The van der Waals surface area contributed by atoms with Gasteiger partial charge in [0.15, 0.2) is 0 Å². The zero-order valence-corrected chi connectivity index (χ0v) is 13.0. The molecule has 0 saturated heterocycles. The molecule has 2 N–H and O–H groups in total. The highest BCUT2D eigenvalue weighted by Crippen LogP contribution is 2.25. The number of hydrogen-bond acceptors (Lipinski definition) is 3. The third-order valence-corrected chi connectivity index (χ3v) is 3.40. The molecule has 0 fully saturated rings. The van der Waals surface area contributed by atoms with Crippen LogP contribution in [0.15, 0.2) is 18.2 Å². The minimum atomic E-state index is -0.0741. The highest BCUT2D eigenvalue weighted by Gasteiger charge is 2.11. The van der Waals surface area contributed by atoms with Crippen molar-refractivity contribution in [2.45, 2.75) is 45.6 Å². The van der Waals surface area contributed by atoms with Crippen molar-refractivity contribution < 1.29 is 4.74 Å². The zero-order valence-electron chi connectivity index (χ0n) is 13.0. The van der Waals surface area contributed by atoms with Crippen LogP contribution in [0.2, 0.25) is 0 Å². The van der Waals surface area contributed by atoms with Crippen molar-refractivity contribution in [3.8, 4) is 5.75 Å². The number of ether oxygens (including phenoxy) is 1. The van der Waals surface area contributed by atoms with Gasteiger partial charge in [-0.25, -0.2) is 0 Å². The minimum Gasteiger partial charge on any atom is -0.496 e. The van der Waals surface area contributed by atoms with Crippen LogP contribution < -0.4 is 15.4 Å². The van der Waals surface area contributed by atoms with E-state index in [0.29, 0.717) is 0 Å². The van der Waals surface area contributed by atoms with Crippen LogP contribution in [0.4, 0.5) is 5.69 Å². The first kappa shape index (κ1) is 15.8. The van der Waals surface area contributed by atoms with Gasteiger partial charge in [0.1, 0.15) is 5.75 Å². The Morgan fingerprint density at radius 1 is 1.32 bits per heavy atom. The lowest BCUT2D eigenvalue weighted by molar-refractivity contribution is 0.410. The first-order valence-electron chi connectivity index (χ1n) is 7.04. The summed E-state index contributed by atoms with van der Waals surface area (Å²) in [6, 6.07) is 6.38. The van der Waals surface area contributed by atoms with Gasteiger partial charge in [-0.1, -0.05) is 6.92 Å². The summed E-state index contributed by atoms with van der Waals surface area (Å²) in [7, 11) is 3.85. The molecule has 0 aromatic heterocycles. The number of hydrogen-bond donors (Lipinski definition) is 1. The quantitative estimate of drug-likeness (QED) is 0.822. The van der Waals surface area contributed by atoms with Crippen molar-refractivity contribution >= 4 is 5.69 Å². The standard InChI is InChI=1S/C16H28N2O/c1-6-13-12-14(8-9-15(13)19-5)18(4)11-7-10-16(2,3)17/h8-9,12H,6-7,10-11,17H2,1-5H3. The average molecular weight is 264 g/mol. The van der Waals surface area contributed by atoms with Crippen LogP contribution in [-0.4, -0.2) is 26.2 Å². The second-order valence-electron chi connectivity index (χ2n) is 5.86. The highest BCUT2D eigenvalue weighted by molar-refractivity contribution is 5.52. The first-order valence-corrected chi connectivity index (χ1v) is 7.04. The molecule has 0 heterocycles. The predicted octanol–water partition coefficient (Wildman–Crippen LogP) is 3.21. The summed E-state index contributed by atoms with van der Waals surface area (Å²) in [6.07, 6.45) is 3.13. The third-order valence-electron chi connectivity index (χ3n) is 3.40. The van der Waals surface area contributed by atoms with Gasteiger partial charge < -0.3 is 15.4 Å². The van der Waals surface area contributed by atoms with E-state index in [1.54, 1.807) is 7.11 Å². The van der Waals surface area contributed by atoms with E-state index >= 15 is 0 Å². The normalized spacial score (nSPS) is 11.5. The molecule has 0 aliphatic rings. The maximum atomic E-state index is 6.01. The zero-order chi connectivity index (χ0) is 14.5. The number of nitrogens with two attached hydrogens (primary N) is 1. The van der Waals surface area contributed by atoms with Crippen LogP contribution in [0.1, 0.15) is 39.2 Å². The molecule has 3 nitrogen and oxygen atoms in total. The van der Waals surface area contributed by atoms with Gasteiger partial charge in [0.05, 0.1) is 7.11 Å². The molecule has 0 spiro atoms. The summed E-state index contributed by atoms with van der Waals surface area (Å²) in [5, 5.41) is 0. The highest BCUT2D eigenvalue weighted by atomic mass is 16.5. The molecule has 19 heavy (non-hydrogen) atoms. The van der Waals surface area contributed by atoms with Crippen molar-refractivity contribution in [1.29, 1.82) is 0 Å². The molecule has 0 aliphatic heterocycles. The molecule has 1 rings (SSSR count). The van der Waals surface area contributed by atoms with Crippen LogP contribution in [0.25, 0.3) is 0 Å². The van der Waals surface area contributed by atoms with Crippen LogP contribution in [-0.2, 0) is 6.42 Å². The SMILES string of the molecule is CCc1cc(N(C)CCCC(C)(C)N)ccc1OC. The summed E-state index contributed by atoms with van der Waals surface area (Å²) in [5.41, 5.74) is 8.43. The molecule has 108 valence electrons. The molecular weight excluding hydrogens is 236 g/mol. The minimum absolute atomic E-state index is 0.0741. The maximum Gasteiger partial charge on any atom is 0.122 e. The molecule has 0 amide bonds. The van der Waals surface area contributed by atoms with E-state index in [4.69, 9.17) is 10.5 Å². The Kier molecular flexibility index (Phi) is 5.67. The number of aryl methyl sites for hydroxylation is 1. The first-order chi connectivity index (χ1) is 8.87. The Bertz CT molecular complexity index is 396. The largest absolute Gasteiger partial charge is 0.496 e. The summed E-state index contributed by atoms with van der Waals surface area (Å²) < 4.78 is 5.36. The van der Waals surface area contributed by atoms with Crippen molar-refractivity contribution in [2.24, 2.45) is 5.73 Å². The van der Waals surface area contributed by atoms with Crippen molar-refractivity contribution in [3.05, 3.63) is 23.8 Å². The smallest absolute Gasteiger partial charge is 0.122 e. The van der Waals surface area contributed by atoms with Crippen LogP contribution in [0.5, 0.6) is 5.75 Å². The van der Waals surface area contributed by atoms with Crippen LogP contribution in [0.3, 0.4) is 0 Å². The molecule has 3 heteroatoms. The van der Waals surface area contributed by atoms with Gasteiger partial charge in [0, 0.05) is 24.8 Å². The predicted molar refractivity (Wildman–Crippen MR) is 83.1 cm³/mol. The second-order valence-corrected chi connectivity index (χ2v) is 5.86. The maximum absolute atomic E-state index is 6.01. The Labute approximate surface area is 117 Å². The van der Waals surface area contributed by atoms with Crippen molar-refractivity contribution in [2.75, 3.05) is 25.6 Å². The van der Waals surface area contributed by atoms with Gasteiger partial charge in [-0.15, -0.1) is 0 Å². The van der Waals surface area contributed by atoms with Crippen LogP contribution >= 0.6 is 0 Å². The average Bonchev–Trinajstić information content (AvgIpc) is 2.36. The van der Waals surface area contributed by atoms with E-state index in [2.05, 4.69) is 50.9 Å². The molecule has 0 saturated carbocycles. The molecule has 1 aromatic rings. The van der Waals surface area contributed by atoms with E-state index in [1.165, 1.54) is 11.3 Å². The molecule has 0 unspecified atom stereocenters. The lowest BCUT2D eigenvalue weighted by atomic mass is 10.00. The molecule has 0 radical (unpaired) electrons. The van der Waals surface area contributed by atoms with Gasteiger partial charge in [0.25, 0.3) is 0 Å². The summed E-state index contributed by atoms with van der Waals surface area (Å²) in [5.74, 6) is 0.975. The molecular formula is C16H28N2O. The fourth-order valence-electron chi connectivity index (χ4n) is 2.18. The van der Waals surface area contributed by atoms with E-state index < -0.39 is 0 Å². The summed E-state index contributed by atoms with van der Waals surface area (Å²) >= 11 is 0. The molecule has 0 aliphatic carbocycles. The van der Waals surface area contributed by atoms with Crippen molar-refractivity contribution in [3.63, 3.8) is 0 Å². The Balaban J connectivity index is 2.64.